The van der Waals surface area contributed by atoms with Crippen molar-refractivity contribution in [3.63, 3.8) is 0 Å². The van der Waals surface area contributed by atoms with Crippen molar-refractivity contribution in [3.05, 3.63) is 138 Å². The summed E-state index contributed by atoms with van der Waals surface area (Å²) in [5, 5.41) is 13.1. The molecule has 0 saturated carbocycles. The molecule has 4 aromatic rings. The molecule has 0 aliphatic rings. The Morgan fingerprint density at radius 3 is 2.33 bits per heavy atom. The maximum absolute atomic E-state index is 12.6. The number of carboxylic acids is 1. The summed E-state index contributed by atoms with van der Waals surface area (Å²) in [4.78, 5) is 26.9. The van der Waals surface area contributed by atoms with Crippen molar-refractivity contribution < 1.29 is 19.4 Å². The van der Waals surface area contributed by atoms with Gasteiger partial charge in [0, 0.05) is 24.3 Å². The van der Waals surface area contributed by atoms with Gasteiger partial charge >= 0.3 is 5.97 Å². The fourth-order valence-corrected chi connectivity index (χ4v) is 4.79. The first-order valence-electron chi connectivity index (χ1n) is 14.6. The third-order valence-electron chi connectivity index (χ3n) is 7.02. The minimum Gasteiger partial charge on any atom is -0.489 e. The van der Waals surface area contributed by atoms with E-state index in [1.54, 1.807) is 12.1 Å². The summed E-state index contributed by atoms with van der Waals surface area (Å²) in [5.41, 5.74) is 9.90. The van der Waals surface area contributed by atoms with Crippen molar-refractivity contribution >= 4 is 23.6 Å². The zero-order chi connectivity index (χ0) is 30.3. The highest BCUT2D eigenvalue weighted by atomic mass is 16.5. The van der Waals surface area contributed by atoms with Gasteiger partial charge in [-0.1, -0.05) is 91.4 Å². The molecule has 7 nitrogen and oxygen atoms in total. The van der Waals surface area contributed by atoms with Gasteiger partial charge in [0.1, 0.15) is 18.4 Å². The summed E-state index contributed by atoms with van der Waals surface area (Å²) >= 11 is 0. The predicted octanol–water partition coefficient (Wildman–Crippen LogP) is 6.62. The second-order valence-electron chi connectivity index (χ2n) is 10.3. The van der Waals surface area contributed by atoms with E-state index in [9.17, 15) is 14.7 Å². The van der Waals surface area contributed by atoms with Gasteiger partial charge in [-0.3, -0.25) is 14.5 Å². The molecule has 0 spiro atoms. The van der Waals surface area contributed by atoms with Gasteiger partial charge in [0.2, 0.25) is 0 Å². The number of ether oxygens (including phenoxy) is 1. The number of carboxylic acid groups (broad SMARTS) is 1. The summed E-state index contributed by atoms with van der Waals surface area (Å²) in [6, 6.07) is 33.7. The molecule has 0 aromatic heterocycles. The number of carbonyl (C=O) groups is 2. The number of carbonyl (C=O) groups excluding carboxylic acids is 1. The molecule has 1 atom stereocenters. The Morgan fingerprint density at radius 2 is 1.58 bits per heavy atom. The Balaban J connectivity index is 1.46. The molecule has 0 aliphatic carbocycles. The topological polar surface area (TPSA) is 105 Å². The summed E-state index contributed by atoms with van der Waals surface area (Å²) in [6.45, 7) is 1.86. The predicted molar refractivity (Wildman–Crippen MR) is 172 cm³/mol. The molecule has 0 radical (unpaired) electrons. The van der Waals surface area contributed by atoms with Gasteiger partial charge < -0.3 is 20.9 Å². The fourth-order valence-electron chi connectivity index (χ4n) is 4.79. The van der Waals surface area contributed by atoms with Gasteiger partial charge in [0.15, 0.2) is 0 Å². The van der Waals surface area contributed by atoms with Crippen LogP contribution in [0.4, 0.5) is 5.69 Å². The number of rotatable bonds is 16. The number of nitrogens with two attached hydrogens (primary N) is 1. The summed E-state index contributed by atoms with van der Waals surface area (Å²) in [7, 11) is 0. The van der Waals surface area contributed by atoms with E-state index >= 15 is 0 Å². The molecular weight excluding hydrogens is 538 g/mol. The standard InChI is InChI=1S/C36H39N3O4/c37-22-8-7-21-34(36(41)42)39(26-30-15-10-20-33(25-30)43-27-29-12-3-1-4-13-29)23-11-16-28-14-9-19-32(24-28)38-35(40)31-17-5-2-6-18-31/h1-6,9-20,24-25,34H,7-8,21-23,26-27,37H2,(H,38,40)(H,41,42)/b16-11+/t34-/m0/s1. The van der Waals surface area contributed by atoms with Gasteiger partial charge in [0.25, 0.3) is 5.91 Å². The van der Waals surface area contributed by atoms with Crippen molar-refractivity contribution in [2.75, 3.05) is 18.4 Å². The first-order chi connectivity index (χ1) is 21.0. The van der Waals surface area contributed by atoms with Crippen molar-refractivity contribution in [1.82, 2.24) is 4.90 Å². The SMILES string of the molecule is NCCCC[C@@H](C(=O)O)N(C/C=C/c1cccc(NC(=O)c2ccccc2)c1)Cc1cccc(OCc2ccccc2)c1. The number of hydrogen-bond acceptors (Lipinski definition) is 5. The number of unbranched alkanes of at least 4 members (excludes halogenated alkanes) is 1. The van der Waals surface area contributed by atoms with E-state index in [1.807, 2.05) is 114 Å². The lowest BCUT2D eigenvalue weighted by molar-refractivity contribution is -0.143. The molecule has 0 unspecified atom stereocenters. The third-order valence-corrected chi connectivity index (χ3v) is 7.02. The average Bonchev–Trinajstić information content (AvgIpc) is 3.03. The molecule has 43 heavy (non-hydrogen) atoms. The maximum Gasteiger partial charge on any atom is 0.320 e. The molecule has 0 heterocycles. The molecule has 4 aromatic carbocycles. The maximum atomic E-state index is 12.6. The van der Waals surface area contributed by atoms with Crippen molar-refractivity contribution in [3.8, 4) is 5.75 Å². The molecule has 222 valence electrons. The molecule has 1 amide bonds. The Hall–Kier alpha value is -4.72. The highest BCUT2D eigenvalue weighted by molar-refractivity contribution is 6.04. The average molecular weight is 578 g/mol. The Morgan fingerprint density at radius 1 is 0.860 bits per heavy atom. The van der Waals surface area contributed by atoms with Crippen LogP contribution in [0.1, 0.15) is 46.3 Å². The molecule has 0 fully saturated rings. The van der Waals surface area contributed by atoms with E-state index in [2.05, 4.69) is 5.32 Å². The van der Waals surface area contributed by atoms with Crippen molar-refractivity contribution in [2.24, 2.45) is 5.73 Å². The molecular formula is C36H39N3O4. The highest BCUT2D eigenvalue weighted by Gasteiger charge is 2.24. The number of anilines is 1. The van der Waals surface area contributed by atoms with Crippen LogP contribution in [0.3, 0.4) is 0 Å². The molecule has 4 rings (SSSR count). The number of nitrogens with one attached hydrogen (secondary N) is 1. The van der Waals surface area contributed by atoms with Gasteiger partial charge in [-0.25, -0.2) is 0 Å². The van der Waals surface area contributed by atoms with Crippen LogP contribution in [0.25, 0.3) is 6.08 Å². The summed E-state index contributed by atoms with van der Waals surface area (Å²) in [5.74, 6) is -0.293. The quantitative estimate of drug-likeness (QED) is 0.129. The highest BCUT2D eigenvalue weighted by Crippen LogP contribution is 2.20. The lowest BCUT2D eigenvalue weighted by Gasteiger charge is -2.28. The van der Waals surface area contributed by atoms with Gasteiger partial charge in [-0.05, 0) is 72.5 Å². The van der Waals surface area contributed by atoms with E-state index < -0.39 is 12.0 Å². The van der Waals surface area contributed by atoms with Crippen LogP contribution in [-0.2, 0) is 17.9 Å². The Labute approximate surface area is 253 Å². The van der Waals surface area contributed by atoms with Crippen molar-refractivity contribution in [1.29, 1.82) is 0 Å². The van der Waals surface area contributed by atoms with E-state index in [0.29, 0.717) is 43.9 Å². The van der Waals surface area contributed by atoms with Gasteiger partial charge in [-0.15, -0.1) is 0 Å². The van der Waals surface area contributed by atoms with Crippen LogP contribution in [0.2, 0.25) is 0 Å². The monoisotopic (exact) mass is 577 g/mol. The summed E-state index contributed by atoms with van der Waals surface area (Å²) in [6.07, 6.45) is 5.93. The molecule has 0 saturated heterocycles. The van der Waals surface area contributed by atoms with Crippen LogP contribution < -0.4 is 15.8 Å². The minimum absolute atomic E-state index is 0.176. The molecule has 4 N–H and O–H groups in total. The zero-order valence-electron chi connectivity index (χ0n) is 24.3. The molecule has 0 aliphatic heterocycles. The number of benzene rings is 4. The normalized spacial score (nSPS) is 11.9. The fraction of sp³-hybridized carbons (Fsp3) is 0.222. The van der Waals surface area contributed by atoms with Crippen LogP contribution >= 0.6 is 0 Å². The molecule has 7 heteroatoms. The van der Waals surface area contributed by atoms with Crippen molar-refractivity contribution in [2.45, 2.75) is 38.5 Å². The van der Waals surface area contributed by atoms with Crippen LogP contribution in [0, 0.1) is 0 Å². The Bertz CT molecular complexity index is 1470. The van der Waals surface area contributed by atoms with Gasteiger partial charge in [0.05, 0.1) is 0 Å². The van der Waals surface area contributed by atoms with E-state index in [4.69, 9.17) is 10.5 Å². The minimum atomic E-state index is -0.854. The first-order valence-corrected chi connectivity index (χ1v) is 14.6. The Kier molecular flexibility index (Phi) is 12.1. The van der Waals surface area contributed by atoms with E-state index in [-0.39, 0.29) is 5.91 Å². The second kappa shape index (κ2) is 16.7. The number of hydrogen-bond donors (Lipinski definition) is 3. The van der Waals surface area contributed by atoms with Gasteiger partial charge in [-0.2, -0.15) is 0 Å². The summed E-state index contributed by atoms with van der Waals surface area (Å²) < 4.78 is 6.01. The zero-order valence-corrected chi connectivity index (χ0v) is 24.3. The van der Waals surface area contributed by atoms with Crippen LogP contribution in [0.5, 0.6) is 5.75 Å². The number of nitrogens with zero attached hydrogens (tertiary/aromatic N) is 1. The number of amides is 1. The van der Waals surface area contributed by atoms with E-state index in [0.717, 1.165) is 35.3 Å². The van der Waals surface area contributed by atoms with Crippen LogP contribution in [0.15, 0.2) is 115 Å². The lowest BCUT2D eigenvalue weighted by Crippen LogP contribution is -2.41. The molecule has 0 bridgehead atoms. The van der Waals surface area contributed by atoms with Crippen LogP contribution in [-0.4, -0.2) is 41.0 Å². The lowest BCUT2D eigenvalue weighted by atomic mass is 10.1. The number of aliphatic carboxylic acids is 1. The first kappa shape index (κ1) is 31.2. The second-order valence-corrected chi connectivity index (χ2v) is 10.3. The smallest absolute Gasteiger partial charge is 0.320 e. The van der Waals surface area contributed by atoms with E-state index in [1.165, 1.54) is 0 Å². The third kappa shape index (κ3) is 10.3. The largest absolute Gasteiger partial charge is 0.489 e.